The Morgan fingerprint density at radius 1 is 0.806 bits per heavy atom. The van der Waals surface area contributed by atoms with E-state index in [0.29, 0.717) is 54.1 Å². The fourth-order valence-corrected chi connectivity index (χ4v) is 5.29. The predicted molar refractivity (Wildman–Crippen MR) is 140 cm³/mol. The van der Waals surface area contributed by atoms with Crippen LogP contribution in [0.3, 0.4) is 0 Å². The van der Waals surface area contributed by atoms with Crippen molar-refractivity contribution in [3.8, 4) is 11.4 Å². The minimum absolute atomic E-state index is 0.00745. The van der Waals surface area contributed by atoms with Crippen LogP contribution in [0.2, 0.25) is 5.02 Å². The number of carbonyl (C=O) groups is 2. The maximum atomic E-state index is 13.4. The van der Waals surface area contributed by atoms with E-state index in [4.69, 9.17) is 16.6 Å². The predicted octanol–water partition coefficient (Wildman–Crippen LogP) is 4.17. The lowest BCUT2D eigenvalue weighted by atomic mass is 10.0. The van der Waals surface area contributed by atoms with Crippen molar-refractivity contribution in [2.45, 2.75) is 6.04 Å². The van der Waals surface area contributed by atoms with Gasteiger partial charge in [0.05, 0.1) is 16.1 Å². The summed E-state index contributed by atoms with van der Waals surface area (Å²) < 4.78 is 0. The number of para-hydroxylation sites is 1. The molecule has 0 spiro atoms. The van der Waals surface area contributed by atoms with Gasteiger partial charge in [-0.1, -0.05) is 48.0 Å². The van der Waals surface area contributed by atoms with Crippen molar-refractivity contribution in [3.05, 3.63) is 88.9 Å². The Labute approximate surface area is 214 Å². The molecule has 182 valence electrons. The van der Waals surface area contributed by atoms with Crippen molar-refractivity contribution < 1.29 is 9.59 Å². The van der Waals surface area contributed by atoms with Crippen LogP contribution < -0.4 is 0 Å². The number of hydrogen-bond donors (Lipinski definition) is 1. The number of nitrogens with one attached hydrogen (secondary N) is 1. The van der Waals surface area contributed by atoms with Gasteiger partial charge in [0.1, 0.15) is 11.3 Å². The number of piperazine rings is 1. The highest BCUT2D eigenvalue weighted by Crippen LogP contribution is 2.29. The normalized spacial score (nSPS) is 16.8. The van der Waals surface area contributed by atoms with Gasteiger partial charge in [-0.05, 0) is 36.4 Å². The first-order valence-electron chi connectivity index (χ1n) is 12.2. The molecule has 2 aliphatic heterocycles. The lowest BCUT2D eigenvalue weighted by Gasteiger charge is -2.48. The molecule has 7 nitrogen and oxygen atoms in total. The summed E-state index contributed by atoms with van der Waals surface area (Å²) in [5, 5.41) is 0.612. The molecule has 3 heterocycles. The van der Waals surface area contributed by atoms with Crippen molar-refractivity contribution >= 4 is 34.4 Å². The summed E-state index contributed by atoms with van der Waals surface area (Å²) in [7, 11) is 0. The fraction of sp³-hybridized carbons (Fsp3) is 0.250. The number of aromatic amines is 1. The summed E-state index contributed by atoms with van der Waals surface area (Å²) in [4.78, 5) is 40.3. The molecule has 0 saturated carbocycles. The molecule has 2 aliphatic rings. The zero-order chi connectivity index (χ0) is 24.6. The molecule has 0 radical (unpaired) electrons. The Bertz CT molecular complexity index is 1420. The third kappa shape index (κ3) is 4.14. The number of fused-ring (bicyclic) bond motifs is 1. The molecule has 2 fully saturated rings. The maximum Gasteiger partial charge on any atom is 0.256 e. The molecule has 3 aromatic carbocycles. The van der Waals surface area contributed by atoms with Gasteiger partial charge in [0.2, 0.25) is 0 Å². The molecule has 8 heteroatoms. The smallest absolute Gasteiger partial charge is 0.256 e. The number of benzene rings is 3. The van der Waals surface area contributed by atoms with E-state index in [2.05, 4.69) is 9.88 Å². The first-order valence-corrected chi connectivity index (χ1v) is 12.6. The van der Waals surface area contributed by atoms with Crippen molar-refractivity contribution in [3.63, 3.8) is 0 Å². The highest BCUT2D eigenvalue weighted by Gasteiger charge is 2.37. The first-order chi connectivity index (χ1) is 17.6. The number of H-pyrrole nitrogens is 1. The van der Waals surface area contributed by atoms with Crippen LogP contribution in [0.15, 0.2) is 72.8 Å². The van der Waals surface area contributed by atoms with E-state index in [0.717, 1.165) is 29.7 Å². The van der Waals surface area contributed by atoms with Crippen molar-refractivity contribution in [1.29, 1.82) is 0 Å². The third-order valence-electron chi connectivity index (χ3n) is 7.16. The summed E-state index contributed by atoms with van der Waals surface area (Å²) in [6.45, 7) is 4.42. The highest BCUT2D eigenvalue weighted by atomic mass is 35.5. The summed E-state index contributed by atoms with van der Waals surface area (Å²) >= 11 is 6.36. The molecule has 6 rings (SSSR count). The van der Waals surface area contributed by atoms with E-state index in [1.54, 1.807) is 0 Å². The number of halogens is 1. The van der Waals surface area contributed by atoms with Gasteiger partial charge in [-0.15, -0.1) is 0 Å². The number of hydrogen-bond acceptors (Lipinski definition) is 4. The van der Waals surface area contributed by atoms with E-state index < -0.39 is 0 Å². The minimum atomic E-state index is -0.00745. The van der Waals surface area contributed by atoms with E-state index in [-0.39, 0.29) is 11.8 Å². The van der Waals surface area contributed by atoms with Crippen LogP contribution in [0.5, 0.6) is 0 Å². The molecule has 2 amide bonds. The van der Waals surface area contributed by atoms with Crippen LogP contribution >= 0.6 is 11.6 Å². The zero-order valence-electron chi connectivity index (χ0n) is 19.7. The number of carbonyl (C=O) groups excluding carboxylic acids is 2. The molecule has 0 aliphatic carbocycles. The first kappa shape index (κ1) is 22.8. The molecule has 4 aromatic rings. The van der Waals surface area contributed by atoms with Crippen LogP contribution in [0.1, 0.15) is 20.7 Å². The van der Waals surface area contributed by atoms with Crippen molar-refractivity contribution in [2.24, 2.45) is 0 Å². The molecular weight excluding hydrogens is 474 g/mol. The summed E-state index contributed by atoms with van der Waals surface area (Å²) in [6.07, 6.45) is 0. The standard InChI is InChI=1S/C28H26ClN5O2/c29-23-11-5-4-9-21(23)26-30-24-12-6-10-22(25(24)31-26)28(36)34-17-20(18-34)32-13-15-33(16-14-32)27(35)19-7-2-1-3-8-19/h1-12,20H,13-18H2,(H,30,31). The number of amides is 2. The second kappa shape index (κ2) is 9.41. The quantitative estimate of drug-likeness (QED) is 0.457. The Morgan fingerprint density at radius 2 is 1.53 bits per heavy atom. The van der Waals surface area contributed by atoms with Gasteiger partial charge in [0.15, 0.2) is 0 Å². The highest BCUT2D eigenvalue weighted by molar-refractivity contribution is 6.33. The summed E-state index contributed by atoms with van der Waals surface area (Å²) in [5.74, 6) is 0.733. The van der Waals surface area contributed by atoms with Gasteiger partial charge in [-0.3, -0.25) is 14.5 Å². The Morgan fingerprint density at radius 3 is 2.28 bits per heavy atom. The largest absolute Gasteiger partial charge is 0.338 e. The number of nitrogens with zero attached hydrogens (tertiary/aromatic N) is 4. The molecular formula is C28H26ClN5O2. The average molecular weight is 500 g/mol. The molecule has 0 bridgehead atoms. The van der Waals surface area contributed by atoms with Crippen LogP contribution in [-0.2, 0) is 0 Å². The number of rotatable bonds is 4. The van der Waals surface area contributed by atoms with Gasteiger partial charge in [0.25, 0.3) is 11.8 Å². The monoisotopic (exact) mass is 499 g/mol. The zero-order valence-corrected chi connectivity index (χ0v) is 20.5. The molecule has 0 atom stereocenters. The molecule has 1 aromatic heterocycles. The Hall–Kier alpha value is -3.68. The fourth-order valence-electron chi connectivity index (χ4n) is 5.06. The van der Waals surface area contributed by atoms with Crippen LogP contribution in [0.4, 0.5) is 0 Å². The van der Waals surface area contributed by atoms with E-state index in [1.807, 2.05) is 82.6 Å². The third-order valence-corrected chi connectivity index (χ3v) is 7.49. The Balaban J connectivity index is 1.10. The molecule has 36 heavy (non-hydrogen) atoms. The van der Waals surface area contributed by atoms with Crippen LogP contribution in [0.25, 0.3) is 22.4 Å². The number of imidazole rings is 1. The topological polar surface area (TPSA) is 72.5 Å². The summed E-state index contributed by atoms with van der Waals surface area (Å²) in [5.41, 5.74) is 3.61. The van der Waals surface area contributed by atoms with Gasteiger partial charge >= 0.3 is 0 Å². The second-order valence-corrected chi connectivity index (χ2v) is 9.73. The number of likely N-dealkylation sites (tertiary alicyclic amines) is 1. The minimum Gasteiger partial charge on any atom is -0.338 e. The van der Waals surface area contributed by atoms with Crippen molar-refractivity contribution in [2.75, 3.05) is 39.3 Å². The van der Waals surface area contributed by atoms with Gasteiger partial charge in [0, 0.05) is 56.4 Å². The lowest BCUT2D eigenvalue weighted by molar-refractivity contribution is 0.00863. The molecule has 1 N–H and O–H groups in total. The molecule has 2 saturated heterocycles. The molecule has 0 unspecified atom stereocenters. The number of aromatic nitrogens is 2. The maximum absolute atomic E-state index is 13.4. The van der Waals surface area contributed by atoms with Crippen LogP contribution in [0, 0.1) is 0 Å². The van der Waals surface area contributed by atoms with Gasteiger partial charge in [-0.25, -0.2) is 4.98 Å². The summed E-state index contributed by atoms with van der Waals surface area (Å²) in [6, 6.07) is 22.9. The SMILES string of the molecule is O=C(c1ccccc1)N1CCN(C2CN(C(=O)c3cccc4[nH]c(-c5ccccc5Cl)nc34)C2)CC1. The lowest BCUT2D eigenvalue weighted by Crippen LogP contribution is -2.64. The van der Waals surface area contributed by atoms with E-state index in [1.165, 1.54) is 0 Å². The average Bonchev–Trinajstić information content (AvgIpc) is 3.33. The van der Waals surface area contributed by atoms with Gasteiger partial charge < -0.3 is 14.8 Å². The Kier molecular flexibility index (Phi) is 5.95. The van der Waals surface area contributed by atoms with E-state index in [9.17, 15) is 9.59 Å². The van der Waals surface area contributed by atoms with Crippen molar-refractivity contribution in [1.82, 2.24) is 24.7 Å². The second-order valence-electron chi connectivity index (χ2n) is 9.33. The van der Waals surface area contributed by atoms with Crippen LogP contribution in [-0.4, -0.2) is 81.8 Å². The van der Waals surface area contributed by atoms with Gasteiger partial charge in [-0.2, -0.15) is 0 Å². The van der Waals surface area contributed by atoms with E-state index >= 15 is 0 Å².